The maximum absolute atomic E-state index is 5.50. The number of hydrogen-bond donors (Lipinski definition) is 1. The van der Waals surface area contributed by atoms with Crippen molar-refractivity contribution in [3.8, 4) is 0 Å². The highest BCUT2D eigenvalue weighted by molar-refractivity contribution is 4.52. The fraction of sp³-hybridized carbons (Fsp3) is 0.889. The van der Waals surface area contributed by atoms with Crippen LogP contribution in [0.5, 0.6) is 0 Å². The Bertz CT molecular complexity index is 122. The van der Waals surface area contributed by atoms with Crippen molar-refractivity contribution in [2.75, 3.05) is 45.9 Å². The molecular formula is C9H20N2O+. The van der Waals surface area contributed by atoms with E-state index in [2.05, 4.69) is 6.92 Å². The predicted molar refractivity (Wildman–Crippen MR) is 49.6 cm³/mol. The molecule has 0 aromatic carbocycles. The van der Waals surface area contributed by atoms with Gasteiger partial charge in [-0.2, -0.15) is 0 Å². The molecule has 12 heavy (non-hydrogen) atoms. The number of rotatable bonds is 4. The molecule has 1 heterocycles. The molecule has 0 spiro atoms. The second kappa shape index (κ2) is 4.80. The normalized spacial score (nSPS) is 22.5. The molecular weight excluding hydrogens is 152 g/mol. The van der Waals surface area contributed by atoms with Crippen LogP contribution in [0, 0.1) is 6.92 Å². The van der Waals surface area contributed by atoms with Crippen molar-refractivity contribution < 1.29 is 9.22 Å². The Kier molecular flexibility index (Phi) is 3.98. The zero-order valence-corrected chi connectivity index (χ0v) is 7.80. The monoisotopic (exact) mass is 172 g/mol. The second-order valence-electron chi connectivity index (χ2n) is 3.49. The average Bonchev–Trinajstić information content (AvgIpc) is 2.16. The van der Waals surface area contributed by atoms with Gasteiger partial charge < -0.3 is 15.0 Å². The maximum Gasteiger partial charge on any atom is 0.102 e. The third-order valence-electron chi connectivity index (χ3n) is 2.73. The lowest BCUT2D eigenvalue weighted by Crippen LogP contribution is -2.55. The van der Waals surface area contributed by atoms with E-state index >= 15 is 0 Å². The van der Waals surface area contributed by atoms with E-state index in [1.54, 1.807) is 0 Å². The Morgan fingerprint density at radius 3 is 2.50 bits per heavy atom. The average molecular weight is 172 g/mol. The molecule has 1 aliphatic rings. The lowest BCUT2D eigenvalue weighted by molar-refractivity contribution is -0.930. The minimum atomic E-state index is 0.793. The molecule has 1 radical (unpaired) electrons. The third-order valence-corrected chi connectivity index (χ3v) is 2.73. The summed E-state index contributed by atoms with van der Waals surface area (Å²) in [5.74, 6) is 0. The minimum Gasteiger partial charge on any atom is -0.370 e. The summed E-state index contributed by atoms with van der Waals surface area (Å²) >= 11 is 0. The zero-order valence-electron chi connectivity index (χ0n) is 7.80. The van der Waals surface area contributed by atoms with Crippen LogP contribution < -0.4 is 5.73 Å². The SMILES string of the molecule is [CH2]C[N+]1(CCCN)CCOCC1. The summed E-state index contributed by atoms with van der Waals surface area (Å²) in [4.78, 5) is 0. The molecule has 1 fully saturated rings. The van der Waals surface area contributed by atoms with Crippen molar-refractivity contribution in [2.24, 2.45) is 5.73 Å². The fourth-order valence-corrected chi connectivity index (χ4v) is 1.72. The Hall–Kier alpha value is -0.120. The maximum atomic E-state index is 5.50. The van der Waals surface area contributed by atoms with Crippen LogP contribution in [-0.2, 0) is 4.74 Å². The van der Waals surface area contributed by atoms with E-state index in [1.165, 1.54) is 6.54 Å². The van der Waals surface area contributed by atoms with Crippen LogP contribution in [0.4, 0.5) is 0 Å². The van der Waals surface area contributed by atoms with Gasteiger partial charge in [-0.1, -0.05) is 0 Å². The molecule has 2 N–H and O–H groups in total. The van der Waals surface area contributed by atoms with E-state index in [1.807, 2.05) is 0 Å². The Morgan fingerprint density at radius 1 is 1.33 bits per heavy atom. The summed E-state index contributed by atoms with van der Waals surface area (Å²) < 4.78 is 6.44. The molecule has 0 aliphatic carbocycles. The van der Waals surface area contributed by atoms with Crippen molar-refractivity contribution >= 4 is 0 Å². The lowest BCUT2D eigenvalue weighted by Gasteiger charge is -2.40. The van der Waals surface area contributed by atoms with Gasteiger partial charge in [0.15, 0.2) is 0 Å². The van der Waals surface area contributed by atoms with Crippen molar-refractivity contribution in [1.82, 2.24) is 0 Å². The molecule has 1 saturated heterocycles. The van der Waals surface area contributed by atoms with Crippen molar-refractivity contribution in [3.05, 3.63) is 6.92 Å². The number of nitrogens with two attached hydrogens (primary N) is 1. The first-order chi connectivity index (χ1) is 5.83. The van der Waals surface area contributed by atoms with E-state index in [0.29, 0.717) is 0 Å². The third kappa shape index (κ3) is 2.44. The highest BCUT2D eigenvalue weighted by atomic mass is 16.5. The van der Waals surface area contributed by atoms with E-state index in [-0.39, 0.29) is 0 Å². The van der Waals surface area contributed by atoms with Crippen LogP contribution in [-0.4, -0.2) is 50.4 Å². The molecule has 0 aromatic rings. The molecule has 3 heteroatoms. The molecule has 0 atom stereocenters. The van der Waals surface area contributed by atoms with Gasteiger partial charge in [0.2, 0.25) is 0 Å². The van der Waals surface area contributed by atoms with Crippen LogP contribution in [0.3, 0.4) is 0 Å². The summed E-state index contributed by atoms with van der Waals surface area (Å²) in [7, 11) is 0. The van der Waals surface area contributed by atoms with Gasteiger partial charge in [0, 0.05) is 13.3 Å². The second-order valence-corrected chi connectivity index (χ2v) is 3.49. The topological polar surface area (TPSA) is 35.2 Å². The van der Waals surface area contributed by atoms with E-state index in [0.717, 1.165) is 50.3 Å². The first kappa shape index (κ1) is 9.96. The molecule has 0 aromatic heterocycles. The largest absolute Gasteiger partial charge is 0.370 e. The van der Waals surface area contributed by atoms with Gasteiger partial charge in [-0.3, -0.25) is 0 Å². The van der Waals surface area contributed by atoms with Crippen molar-refractivity contribution in [2.45, 2.75) is 6.42 Å². The highest BCUT2D eigenvalue weighted by Gasteiger charge is 2.27. The van der Waals surface area contributed by atoms with Crippen molar-refractivity contribution in [1.29, 1.82) is 0 Å². The summed E-state index contributed by atoms with van der Waals surface area (Å²) in [5, 5.41) is 0. The first-order valence-electron chi connectivity index (χ1n) is 4.75. The van der Waals surface area contributed by atoms with Crippen LogP contribution in [0.25, 0.3) is 0 Å². The molecule has 1 rings (SSSR count). The predicted octanol–water partition coefficient (Wildman–Crippen LogP) is 0.0163. The first-order valence-corrected chi connectivity index (χ1v) is 4.75. The van der Waals surface area contributed by atoms with Gasteiger partial charge in [0.1, 0.15) is 13.1 Å². The quantitative estimate of drug-likeness (QED) is 0.607. The Balaban J connectivity index is 2.37. The van der Waals surface area contributed by atoms with Crippen LogP contribution in [0.1, 0.15) is 6.42 Å². The van der Waals surface area contributed by atoms with Gasteiger partial charge in [0.05, 0.1) is 26.3 Å². The summed E-state index contributed by atoms with van der Waals surface area (Å²) in [6.07, 6.45) is 1.11. The molecule has 3 nitrogen and oxygen atoms in total. The Labute approximate surface area is 75.1 Å². The molecule has 71 valence electrons. The number of nitrogens with zero attached hydrogens (tertiary/aromatic N) is 1. The van der Waals surface area contributed by atoms with Crippen LogP contribution in [0.2, 0.25) is 0 Å². The van der Waals surface area contributed by atoms with Gasteiger partial charge in [0.25, 0.3) is 0 Å². The molecule has 1 aliphatic heterocycles. The van der Waals surface area contributed by atoms with Gasteiger partial charge in [-0.25, -0.2) is 0 Å². The van der Waals surface area contributed by atoms with Gasteiger partial charge >= 0.3 is 0 Å². The van der Waals surface area contributed by atoms with E-state index in [9.17, 15) is 0 Å². The molecule has 0 unspecified atom stereocenters. The van der Waals surface area contributed by atoms with Gasteiger partial charge in [-0.05, 0) is 6.54 Å². The van der Waals surface area contributed by atoms with E-state index < -0.39 is 0 Å². The van der Waals surface area contributed by atoms with E-state index in [4.69, 9.17) is 10.5 Å². The summed E-state index contributed by atoms with van der Waals surface area (Å²) in [6, 6.07) is 0. The Morgan fingerprint density at radius 2 is 2.00 bits per heavy atom. The lowest BCUT2D eigenvalue weighted by atomic mass is 10.2. The number of quaternary nitrogens is 1. The number of ether oxygens (including phenoxy) is 1. The zero-order chi connectivity index (χ0) is 8.86. The molecule has 0 bridgehead atoms. The minimum absolute atomic E-state index is 0.793. The standard InChI is InChI=1S/C9H20N2O/c1-2-11(5-3-4-10)6-8-12-9-7-11/h1-10H2/q+1. The van der Waals surface area contributed by atoms with Crippen molar-refractivity contribution in [3.63, 3.8) is 0 Å². The van der Waals surface area contributed by atoms with Crippen LogP contribution in [0.15, 0.2) is 0 Å². The fourth-order valence-electron chi connectivity index (χ4n) is 1.72. The summed E-state index contributed by atoms with van der Waals surface area (Å²) in [6.45, 7) is 11.0. The number of hydrogen-bond acceptors (Lipinski definition) is 2. The van der Waals surface area contributed by atoms with Crippen LogP contribution >= 0.6 is 0 Å². The number of morpholine rings is 1. The molecule has 0 saturated carbocycles. The summed E-state index contributed by atoms with van der Waals surface area (Å²) in [5.41, 5.74) is 5.50. The molecule has 0 amide bonds. The highest BCUT2D eigenvalue weighted by Crippen LogP contribution is 2.11. The van der Waals surface area contributed by atoms with Gasteiger partial charge in [-0.15, -0.1) is 0 Å². The smallest absolute Gasteiger partial charge is 0.102 e.